The van der Waals surface area contributed by atoms with E-state index in [0.29, 0.717) is 28.1 Å². The molecule has 2 heterocycles. The third kappa shape index (κ3) is 5.54. The highest BCUT2D eigenvalue weighted by Crippen LogP contribution is 2.38. The Morgan fingerprint density at radius 1 is 1.23 bits per heavy atom. The highest BCUT2D eigenvalue weighted by molar-refractivity contribution is 7.99. The number of fused-ring (bicyclic) bond motifs is 1. The lowest BCUT2D eigenvalue weighted by molar-refractivity contribution is -0.113. The molecule has 35 heavy (non-hydrogen) atoms. The third-order valence-electron chi connectivity index (χ3n) is 5.97. The Hall–Kier alpha value is -2.85. The Bertz CT molecular complexity index is 1220. The summed E-state index contributed by atoms with van der Waals surface area (Å²) in [6, 6.07) is 7.85. The number of hydrogen-bond acceptors (Lipinski definition) is 8. The maximum absolute atomic E-state index is 12.8. The number of para-hydroxylation sites is 1. The van der Waals surface area contributed by atoms with Gasteiger partial charge in [0.25, 0.3) is 0 Å². The minimum absolute atomic E-state index is 0.147. The molecule has 2 aromatic heterocycles. The largest absolute Gasteiger partial charge is 0.482 e. The van der Waals surface area contributed by atoms with E-state index >= 15 is 0 Å². The molecule has 0 saturated heterocycles. The molecule has 0 bridgehead atoms. The summed E-state index contributed by atoms with van der Waals surface area (Å²) in [4.78, 5) is 26.4. The van der Waals surface area contributed by atoms with Gasteiger partial charge in [-0.1, -0.05) is 30.0 Å². The molecule has 8 nitrogen and oxygen atoms in total. The van der Waals surface area contributed by atoms with Crippen molar-refractivity contribution in [2.45, 2.75) is 64.3 Å². The summed E-state index contributed by atoms with van der Waals surface area (Å²) in [5, 5.41) is 12.8. The van der Waals surface area contributed by atoms with Crippen LogP contribution in [-0.2, 0) is 28.9 Å². The number of aromatic nitrogens is 3. The van der Waals surface area contributed by atoms with E-state index in [-0.39, 0.29) is 17.8 Å². The van der Waals surface area contributed by atoms with Crippen LogP contribution in [0.15, 0.2) is 29.4 Å². The Labute approximate surface area is 213 Å². The summed E-state index contributed by atoms with van der Waals surface area (Å²) < 4.78 is 13.1. The molecule has 186 valence electrons. The maximum Gasteiger partial charge on any atom is 0.341 e. The first-order valence-corrected chi connectivity index (χ1v) is 13.5. The quantitative estimate of drug-likeness (QED) is 0.310. The molecular formula is C25H30N4O4S2. The second kappa shape index (κ2) is 11.3. The topological polar surface area (TPSA) is 95.3 Å². The minimum atomic E-state index is -0.398. The molecule has 0 fully saturated rings. The van der Waals surface area contributed by atoms with Crippen LogP contribution in [0, 0.1) is 6.92 Å². The van der Waals surface area contributed by atoms with Crippen LogP contribution in [0.5, 0.6) is 5.75 Å². The van der Waals surface area contributed by atoms with E-state index in [4.69, 9.17) is 9.47 Å². The van der Waals surface area contributed by atoms with Gasteiger partial charge in [-0.05, 0) is 63.6 Å². The molecule has 0 aliphatic heterocycles. The lowest BCUT2D eigenvalue weighted by Gasteiger charge is -2.17. The zero-order valence-corrected chi connectivity index (χ0v) is 22.1. The third-order valence-corrected chi connectivity index (χ3v) is 8.14. The van der Waals surface area contributed by atoms with Crippen LogP contribution in [-0.4, -0.2) is 39.5 Å². The Balaban J connectivity index is 1.44. The predicted octanol–water partition coefficient (Wildman–Crippen LogP) is 5.20. The van der Waals surface area contributed by atoms with Crippen LogP contribution in [0.1, 0.15) is 65.0 Å². The smallest absolute Gasteiger partial charge is 0.341 e. The van der Waals surface area contributed by atoms with E-state index in [0.717, 1.165) is 47.4 Å². The molecule has 1 aliphatic rings. The Morgan fingerprint density at radius 2 is 2.00 bits per heavy atom. The van der Waals surface area contributed by atoms with E-state index in [1.165, 1.54) is 30.2 Å². The van der Waals surface area contributed by atoms with Gasteiger partial charge in [0.1, 0.15) is 10.8 Å². The number of methoxy groups -OCH3 is 1. The Kier molecular flexibility index (Phi) is 8.12. The second-order valence-electron chi connectivity index (χ2n) is 8.35. The predicted molar refractivity (Wildman–Crippen MR) is 138 cm³/mol. The number of thioether (sulfide) groups is 1. The van der Waals surface area contributed by atoms with E-state index in [2.05, 4.69) is 15.5 Å². The fourth-order valence-corrected chi connectivity index (χ4v) is 6.30. The molecular weight excluding hydrogens is 484 g/mol. The normalized spacial score (nSPS) is 13.7. The van der Waals surface area contributed by atoms with E-state index in [1.54, 1.807) is 0 Å². The number of nitrogens with zero attached hydrogens (tertiary/aromatic N) is 3. The van der Waals surface area contributed by atoms with Crippen LogP contribution < -0.4 is 10.1 Å². The van der Waals surface area contributed by atoms with Crippen molar-refractivity contribution in [2.24, 2.45) is 0 Å². The number of amides is 1. The van der Waals surface area contributed by atoms with Crippen molar-refractivity contribution >= 4 is 40.0 Å². The van der Waals surface area contributed by atoms with Gasteiger partial charge in [0.15, 0.2) is 17.1 Å². The number of benzene rings is 1. The number of carbonyl (C=O) groups excluding carboxylic acids is 2. The fourth-order valence-electron chi connectivity index (χ4n) is 4.20. The van der Waals surface area contributed by atoms with Crippen LogP contribution in [0.3, 0.4) is 0 Å². The zero-order valence-electron chi connectivity index (χ0n) is 20.4. The average Bonchev–Trinajstić information content (AvgIpc) is 3.44. The number of thiophene rings is 1. The number of hydrogen-bond donors (Lipinski definition) is 1. The number of aryl methyl sites for hydroxylation is 2. The van der Waals surface area contributed by atoms with Crippen LogP contribution >= 0.6 is 23.1 Å². The van der Waals surface area contributed by atoms with Gasteiger partial charge in [-0.2, -0.15) is 0 Å². The SMILES string of the molecule is CCn1c(SCC(=O)Nc2sc3c(c2C(=O)OC)CCCC3)nnc1C(C)Oc1ccccc1C. The standard InChI is InChI=1S/C25H30N4O4S2/c1-5-29-22(16(3)33-18-12-8-6-10-15(18)2)27-28-25(29)34-14-20(30)26-23-21(24(31)32-4)17-11-7-9-13-19(17)35-23/h6,8,10,12,16H,5,7,9,11,13-14H2,1-4H3,(H,26,30). The minimum Gasteiger partial charge on any atom is -0.482 e. The van der Waals surface area contributed by atoms with Crippen LogP contribution in [0.25, 0.3) is 0 Å². The number of ether oxygens (including phenoxy) is 2. The molecule has 1 amide bonds. The molecule has 1 atom stereocenters. The maximum atomic E-state index is 12.8. The molecule has 1 aliphatic carbocycles. The van der Waals surface area contributed by atoms with E-state index < -0.39 is 5.97 Å². The number of nitrogens with one attached hydrogen (secondary N) is 1. The van der Waals surface area contributed by atoms with Crippen molar-refractivity contribution in [2.75, 3.05) is 18.2 Å². The molecule has 0 saturated carbocycles. The van der Waals surface area contributed by atoms with Gasteiger partial charge >= 0.3 is 5.97 Å². The first-order valence-electron chi connectivity index (χ1n) is 11.7. The first-order chi connectivity index (χ1) is 16.9. The van der Waals surface area contributed by atoms with Gasteiger partial charge in [-0.15, -0.1) is 21.5 Å². The van der Waals surface area contributed by atoms with Crippen molar-refractivity contribution < 1.29 is 19.1 Å². The van der Waals surface area contributed by atoms with Crippen LogP contribution in [0.4, 0.5) is 5.00 Å². The summed E-state index contributed by atoms with van der Waals surface area (Å²) in [7, 11) is 1.37. The summed E-state index contributed by atoms with van der Waals surface area (Å²) in [5.74, 6) is 1.06. The summed E-state index contributed by atoms with van der Waals surface area (Å²) in [5.41, 5.74) is 2.58. The zero-order chi connectivity index (χ0) is 24.9. The lowest BCUT2D eigenvalue weighted by atomic mass is 9.95. The van der Waals surface area contributed by atoms with E-state index in [1.807, 2.05) is 49.6 Å². The highest BCUT2D eigenvalue weighted by Gasteiger charge is 2.27. The number of anilines is 1. The average molecular weight is 515 g/mol. The molecule has 0 radical (unpaired) electrons. The highest BCUT2D eigenvalue weighted by atomic mass is 32.2. The van der Waals surface area contributed by atoms with Crippen molar-refractivity contribution in [3.05, 3.63) is 51.7 Å². The van der Waals surface area contributed by atoms with Gasteiger partial charge in [-0.3, -0.25) is 4.79 Å². The number of carbonyl (C=O) groups is 2. The van der Waals surface area contributed by atoms with Gasteiger partial charge in [0, 0.05) is 11.4 Å². The van der Waals surface area contributed by atoms with Gasteiger partial charge < -0.3 is 19.4 Å². The summed E-state index contributed by atoms with van der Waals surface area (Å²) in [6.45, 7) is 6.60. The number of rotatable bonds is 9. The Morgan fingerprint density at radius 3 is 2.74 bits per heavy atom. The fraction of sp³-hybridized carbons (Fsp3) is 0.440. The van der Waals surface area contributed by atoms with E-state index in [9.17, 15) is 9.59 Å². The molecule has 3 aromatic rings. The van der Waals surface area contributed by atoms with Crippen molar-refractivity contribution in [1.29, 1.82) is 0 Å². The van der Waals surface area contributed by atoms with Gasteiger partial charge in [0.2, 0.25) is 5.91 Å². The molecule has 10 heteroatoms. The molecule has 0 spiro atoms. The second-order valence-corrected chi connectivity index (χ2v) is 10.4. The number of esters is 1. The summed E-state index contributed by atoms with van der Waals surface area (Å²) >= 11 is 2.79. The van der Waals surface area contributed by atoms with Gasteiger partial charge in [0.05, 0.1) is 18.4 Å². The monoisotopic (exact) mass is 514 g/mol. The first kappa shape index (κ1) is 25.2. The summed E-state index contributed by atoms with van der Waals surface area (Å²) in [6.07, 6.45) is 3.61. The van der Waals surface area contributed by atoms with Crippen LogP contribution in [0.2, 0.25) is 0 Å². The van der Waals surface area contributed by atoms with Crippen molar-refractivity contribution in [3.8, 4) is 5.75 Å². The molecule has 1 aromatic carbocycles. The lowest BCUT2D eigenvalue weighted by Crippen LogP contribution is -2.17. The molecule has 1 unspecified atom stereocenters. The van der Waals surface area contributed by atoms with Gasteiger partial charge in [-0.25, -0.2) is 4.79 Å². The van der Waals surface area contributed by atoms with Crippen molar-refractivity contribution in [1.82, 2.24) is 14.8 Å². The van der Waals surface area contributed by atoms with Crippen molar-refractivity contribution in [3.63, 3.8) is 0 Å². The molecule has 4 rings (SSSR count). The molecule has 1 N–H and O–H groups in total.